The Morgan fingerprint density at radius 1 is 1.16 bits per heavy atom. The van der Waals surface area contributed by atoms with Crippen LogP contribution in [0.2, 0.25) is 0 Å². The van der Waals surface area contributed by atoms with Crippen molar-refractivity contribution in [2.45, 2.75) is 57.5 Å². The Bertz CT molecular complexity index is 288. The van der Waals surface area contributed by atoms with Gasteiger partial charge in [-0.2, -0.15) is 0 Å². The maximum atomic E-state index is 12.4. The molecule has 2 heterocycles. The summed E-state index contributed by atoms with van der Waals surface area (Å²) in [6.07, 6.45) is 7.20. The number of nitrogens with zero attached hydrogens (tertiary/aromatic N) is 2. The Labute approximate surface area is 123 Å². The maximum Gasteiger partial charge on any atom is 0.236 e. The van der Waals surface area contributed by atoms with Crippen LogP contribution in [-0.4, -0.2) is 54.0 Å². The van der Waals surface area contributed by atoms with Crippen LogP contribution >= 0.6 is 12.4 Å². The lowest BCUT2D eigenvalue weighted by molar-refractivity contribution is -0.136. The Balaban J connectivity index is 0.00000180. The summed E-state index contributed by atoms with van der Waals surface area (Å²) >= 11 is 0. The molecule has 2 atom stereocenters. The molecule has 112 valence electrons. The largest absolute Gasteiger partial charge is 0.339 e. The molecular weight excluding hydrogens is 262 g/mol. The predicted octanol–water partition coefficient (Wildman–Crippen LogP) is 1.62. The number of halogens is 1. The molecule has 0 spiro atoms. The van der Waals surface area contributed by atoms with Gasteiger partial charge < -0.3 is 10.6 Å². The van der Waals surface area contributed by atoms with E-state index in [1.165, 1.54) is 19.3 Å². The van der Waals surface area contributed by atoms with Gasteiger partial charge in [0, 0.05) is 25.2 Å². The molecule has 2 fully saturated rings. The highest BCUT2D eigenvalue weighted by atomic mass is 35.5. The lowest BCUT2D eigenvalue weighted by atomic mass is 10.0. The molecule has 5 heteroatoms. The third-order valence-corrected chi connectivity index (χ3v) is 4.48. The summed E-state index contributed by atoms with van der Waals surface area (Å²) in [5, 5.41) is 0. The van der Waals surface area contributed by atoms with Crippen LogP contribution in [0.5, 0.6) is 0 Å². The third kappa shape index (κ3) is 4.33. The first-order valence-electron chi connectivity index (χ1n) is 7.46. The van der Waals surface area contributed by atoms with E-state index in [2.05, 4.69) is 16.7 Å². The van der Waals surface area contributed by atoms with Crippen LogP contribution < -0.4 is 5.73 Å². The fourth-order valence-corrected chi connectivity index (χ4v) is 3.27. The van der Waals surface area contributed by atoms with Crippen LogP contribution in [0.25, 0.3) is 0 Å². The number of amides is 1. The molecule has 0 bridgehead atoms. The second kappa shape index (κ2) is 8.08. The van der Waals surface area contributed by atoms with Gasteiger partial charge in [0.25, 0.3) is 0 Å². The van der Waals surface area contributed by atoms with Crippen molar-refractivity contribution in [3.63, 3.8) is 0 Å². The minimum absolute atomic E-state index is 0. The molecule has 1 amide bonds. The Morgan fingerprint density at radius 2 is 1.84 bits per heavy atom. The molecule has 2 N–H and O–H groups in total. The van der Waals surface area contributed by atoms with Gasteiger partial charge in [0.05, 0.1) is 6.54 Å². The van der Waals surface area contributed by atoms with Crippen LogP contribution in [0.15, 0.2) is 0 Å². The van der Waals surface area contributed by atoms with Crippen molar-refractivity contribution in [2.75, 3.05) is 26.2 Å². The van der Waals surface area contributed by atoms with E-state index in [1.54, 1.807) is 0 Å². The minimum Gasteiger partial charge on any atom is -0.339 e. The predicted molar refractivity (Wildman–Crippen MR) is 80.5 cm³/mol. The average Bonchev–Trinajstić information content (AvgIpc) is 2.39. The highest BCUT2D eigenvalue weighted by Crippen LogP contribution is 2.19. The lowest BCUT2D eigenvalue weighted by Crippen LogP contribution is -2.51. The van der Waals surface area contributed by atoms with Crippen molar-refractivity contribution in [2.24, 2.45) is 5.73 Å². The zero-order valence-corrected chi connectivity index (χ0v) is 12.8. The van der Waals surface area contributed by atoms with Crippen molar-refractivity contribution in [3.05, 3.63) is 0 Å². The Hall–Kier alpha value is -0.320. The lowest BCUT2D eigenvalue weighted by Gasteiger charge is -2.38. The summed E-state index contributed by atoms with van der Waals surface area (Å²) in [5.41, 5.74) is 5.81. The SMILES string of the molecule is CC1CCCCN1C(=O)CN1CCCCC1CN.Cl. The molecular formula is C14H28ClN3O. The minimum atomic E-state index is 0. The summed E-state index contributed by atoms with van der Waals surface area (Å²) in [7, 11) is 0. The second-order valence-electron chi connectivity index (χ2n) is 5.79. The van der Waals surface area contributed by atoms with E-state index in [4.69, 9.17) is 5.73 Å². The summed E-state index contributed by atoms with van der Waals surface area (Å²) in [5.74, 6) is 0.308. The maximum absolute atomic E-state index is 12.4. The molecule has 4 nitrogen and oxygen atoms in total. The van der Waals surface area contributed by atoms with Gasteiger partial charge in [-0.1, -0.05) is 6.42 Å². The van der Waals surface area contributed by atoms with Crippen molar-refractivity contribution < 1.29 is 4.79 Å². The zero-order chi connectivity index (χ0) is 13.0. The zero-order valence-electron chi connectivity index (χ0n) is 12.0. The first-order chi connectivity index (χ1) is 8.72. The first kappa shape index (κ1) is 16.7. The number of carbonyl (C=O) groups is 1. The monoisotopic (exact) mass is 289 g/mol. The van der Waals surface area contributed by atoms with Crippen LogP contribution in [0.4, 0.5) is 0 Å². The van der Waals surface area contributed by atoms with Gasteiger partial charge in [0.2, 0.25) is 5.91 Å². The molecule has 2 aliphatic rings. The summed E-state index contributed by atoms with van der Waals surface area (Å²) in [4.78, 5) is 16.8. The third-order valence-electron chi connectivity index (χ3n) is 4.48. The molecule has 2 rings (SSSR count). The number of hydrogen-bond acceptors (Lipinski definition) is 3. The topological polar surface area (TPSA) is 49.6 Å². The molecule has 2 unspecified atom stereocenters. The van der Waals surface area contributed by atoms with Gasteiger partial charge in [0.15, 0.2) is 0 Å². The van der Waals surface area contributed by atoms with Crippen LogP contribution in [0.1, 0.15) is 45.4 Å². The molecule has 0 aromatic carbocycles. The number of hydrogen-bond donors (Lipinski definition) is 1. The number of rotatable bonds is 3. The summed E-state index contributed by atoms with van der Waals surface area (Å²) in [6, 6.07) is 0.843. The average molecular weight is 290 g/mol. The van der Waals surface area contributed by atoms with Crippen molar-refractivity contribution in [1.29, 1.82) is 0 Å². The van der Waals surface area contributed by atoms with Gasteiger partial charge in [-0.05, 0) is 45.6 Å². The van der Waals surface area contributed by atoms with E-state index in [0.717, 1.165) is 32.4 Å². The van der Waals surface area contributed by atoms with Crippen molar-refractivity contribution in [3.8, 4) is 0 Å². The van der Waals surface area contributed by atoms with E-state index in [-0.39, 0.29) is 12.4 Å². The molecule has 19 heavy (non-hydrogen) atoms. The smallest absolute Gasteiger partial charge is 0.236 e. The van der Waals surface area contributed by atoms with E-state index in [0.29, 0.717) is 31.1 Å². The normalized spacial score (nSPS) is 28.8. The molecule has 0 aromatic rings. The number of carbonyl (C=O) groups excluding carboxylic acids is 1. The fourth-order valence-electron chi connectivity index (χ4n) is 3.27. The molecule has 2 aliphatic heterocycles. The Morgan fingerprint density at radius 3 is 2.53 bits per heavy atom. The van der Waals surface area contributed by atoms with Gasteiger partial charge in [-0.15, -0.1) is 12.4 Å². The van der Waals surface area contributed by atoms with Gasteiger partial charge in [-0.25, -0.2) is 0 Å². The van der Waals surface area contributed by atoms with Gasteiger partial charge >= 0.3 is 0 Å². The summed E-state index contributed by atoms with van der Waals surface area (Å²) in [6.45, 7) is 5.42. The molecule has 2 saturated heterocycles. The van der Waals surface area contributed by atoms with Crippen LogP contribution in [0, 0.1) is 0 Å². The second-order valence-corrected chi connectivity index (χ2v) is 5.79. The number of piperidine rings is 2. The van der Waals surface area contributed by atoms with Crippen molar-refractivity contribution >= 4 is 18.3 Å². The van der Waals surface area contributed by atoms with Crippen LogP contribution in [-0.2, 0) is 4.79 Å². The molecule has 0 aliphatic carbocycles. The van der Waals surface area contributed by atoms with E-state index in [1.807, 2.05) is 0 Å². The Kier molecular flexibility index (Phi) is 7.11. The molecule has 0 radical (unpaired) electrons. The number of nitrogens with two attached hydrogens (primary N) is 1. The van der Waals surface area contributed by atoms with Crippen molar-refractivity contribution in [1.82, 2.24) is 9.80 Å². The van der Waals surface area contributed by atoms with E-state index in [9.17, 15) is 4.79 Å². The number of likely N-dealkylation sites (tertiary alicyclic amines) is 2. The molecule has 0 aromatic heterocycles. The highest BCUT2D eigenvalue weighted by Gasteiger charge is 2.28. The van der Waals surface area contributed by atoms with Gasteiger partial charge in [-0.3, -0.25) is 9.69 Å². The first-order valence-corrected chi connectivity index (χ1v) is 7.46. The highest BCUT2D eigenvalue weighted by molar-refractivity contribution is 5.85. The van der Waals surface area contributed by atoms with Crippen LogP contribution in [0.3, 0.4) is 0 Å². The molecule has 0 saturated carbocycles. The van der Waals surface area contributed by atoms with E-state index < -0.39 is 0 Å². The van der Waals surface area contributed by atoms with Gasteiger partial charge in [0.1, 0.15) is 0 Å². The van der Waals surface area contributed by atoms with E-state index >= 15 is 0 Å². The standard InChI is InChI=1S/C14H27N3O.ClH/c1-12-6-2-5-9-17(12)14(18)11-16-8-4-3-7-13(16)10-15;/h12-13H,2-11,15H2,1H3;1H. The quantitative estimate of drug-likeness (QED) is 0.859. The summed E-state index contributed by atoms with van der Waals surface area (Å²) < 4.78 is 0. The fraction of sp³-hybridized carbons (Fsp3) is 0.929.